The molecule has 0 aliphatic carbocycles. The molecule has 2 unspecified atom stereocenters. The fourth-order valence-corrected chi connectivity index (χ4v) is 5.54. The van der Waals surface area contributed by atoms with Gasteiger partial charge in [-0.3, -0.25) is 14.9 Å². The molecule has 0 radical (unpaired) electrons. The van der Waals surface area contributed by atoms with Crippen LogP contribution < -0.4 is 16.0 Å². The minimum absolute atomic E-state index is 0.0316. The maximum Gasteiger partial charge on any atom is 0.234 e. The first-order valence-electron chi connectivity index (χ1n) is 10.6. The van der Waals surface area contributed by atoms with Crippen LogP contribution in [-0.4, -0.2) is 28.0 Å². The second-order valence-electron chi connectivity index (χ2n) is 7.62. The zero-order valence-corrected chi connectivity index (χ0v) is 19.7. The van der Waals surface area contributed by atoms with Gasteiger partial charge in [0.15, 0.2) is 0 Å². The van der Waals surface area contributed by atoms with Crippen LogP contribution in [0.5, 0.6) is 0 Å². The molecule has 0 saturated carbocycles. The zero-order chi connectivity index (χ0) is 22.5. The van der Waals surface area contributed by atoms with Gasteiger partial charge in [-0.25, -0.2) is 4.98 Å². The number of thioether (sulfide) groups is 1. The lowest BCUT2D eigenvalue weighted by Gasteiger charge is -2.30. The lowest BCUT2D eigenvalue weighted by atomic mass is 10.1. The van der Waals surface area contributed by atoms with Crippen molar-refractivity contribution in [3.8, 4) is 10.6 Å². The molecule has 2 heterocycles. The van der Waals surface area contributed by atoms with E-state index < -0.39 is 0 Å². The van der Waals surface area contributed by atoms with E-state index in [1.807, 2.05) is 61.5 Å². The van der Waals surface area contributed by atoms with Gasteiger partial charge in [-0.1, -0.05) is 49.4 Å². The molecule has 0 spiro atoms. The topological polar surface area (TPSA) is 83.1 Å². The van der Waals surface area contributed by atoms with Gasteiger partial charge < -0.3 is 10.6 Å². The Labute approximate surface area is 196 Å². The van der Waals surface area contributed by atoms with Gasteiger partial charge in [0.25, 0.3) is 0 Å². The van der Waals surface area contributed by atoms with E-state index in [1.165, 1.54) is 17.3 Å². The number of amides is 2. The van der Waals surface area contributed by atoms with Crippen molar-refractivity contribution < 1.29 is 9.59 Å². The number of nitrogens with zero attached hydrogens (tertiary/aromatic N) is 1. The van der Waals surface area contributed by atoms with Crippen LogP contribution >= 0.6 is 23.1 Å². The van der Waals surface area contributed by atoms with Gasteiger partial charge in [0, 0.05) is 22.5 Å². The highest BCUT2D eigenvalue weighted by atomic mass is 32.2. The highest BCUT2D eigenvalue weighted by Crippen LogP contribution is 2.34. The van der Waals surface area contributed by atoms with Gasteiger partial charge in [-0.2, -0.15) is 0 Å². The van der Waals surface area contributed by atoms with E-state index in [9.17, 15) is 9.59 Å². The highest BCUT2D eigenvalue weighted by Gasteiger charge is 2.30. The zero-order valence-electron chi connectivity index (χ0n) is 18.1. The summed E-state index contributed by atoms with van der Waals surface area (Å²) in [7, 11) is 0. The molecular weight excluding hydrogens is 440 g/mol. The molecular formula is C24H26N4O2S2. The number of benzene rings is 2. The molecule has 8 heteroatoms. The number of thiazole rings is 1. The van der Waals surface area contributed by atoms with Crippen molar-refractivity contribution >= 4 is 40.6 Å². The van der Waals surface area contributed by atoms with Crippen molar-refractivity contribution in [2.75, 3.05) is 11.1 Å². The van der Waals surface area contributed by atoms with Crippen LogP contribution in [0.4, 0.5) is 5.69 Å². The fourth-order valence-electron chi connectivity index (χ4n) is 3.55. The van der Waals surface area contributed by atoms with Crippen LogP contribution in [0.3, 0.4) is 0 Å². The molecule has 1 saturated heterocycles. The molecule has 2 atom stereocenters. The average molecular weight is 467 g/mol. The number of anilines is 1. The van der Waals surface area contributed by atoms with Crippen molar-refractivity contribution in [3.63, 3.8) is 0 Å². The predicted octanol–water partition coefficient (Wildman–Crippen LogP) is 4.49. The molecule has 0 bridgehead atoms. The minimum Gasteiger partial charge on any atom is -0.332 e. The van der Waals surface area contributed by atoms with Gasteiger partial charge in [0.2, 0.25) is 11.8 Å². The summed E-state index contributed by atoms with van der Waals surface area (Å²) in [6, 6.07) is 17.8. The monoisotopic (exact) mass is 466 g/mol. The van der Waals surface area contributed by atoms with Crippen LogP contribution in [0, 0.1) is 6.92 Å². The summed E-state index contributed by atoms with van der Waals surface area (Å²) in [6.45, 7) is 4.07. The van der Waals surface area contributed by atoms with Gasteiger partial charge in [0.05, 0.1) is 17.5 Å². The van der Waals surface area contributed by atoms with Gasteiger partial charge >= 0.3 is 0 Å². The Morgan fingerprint density at radius 3 is 2.66 bits per heavy atom. The van der Waals surface area contributed by atoms with Crippen LogP contribution in [0.15, 0.2) is 54.6 Å². The number of aryl methyl sites for hydroxylation is 2. The maximum atomic E-state index is 12.4. The summed E-state index contributed by atoms with van der Waals surface area (Å²) >= 11 is 2.98. The Bertz CT molecular complexity index is 1080. The third kappa shape index (κ3) is 5.56. The van der Waals surface area contributed by atoms with Crippen molar-refractivity contribution in [2.45, 2.75) is 38.2 Å². The minimum atomic E-state index is -0.337. The molecule has 6 nitrogen and oxygen atoms in total. The summed E-state index contributed by atoms with van der Waals surface area (Å²) in [5.74, 6) is 0.102. The predicted molar refractivity (Wildman–Crippen MR) is 132 cm³/mol. The van der Waals surface area contributed by atoms with Crippen molar-refractivity contribution in [3.05, 3.63) is 70.7 Å². The summed E-state index contributed by atoms with van der Waals surface area (Å²) in [6.07, 6.45) is 1.31. The first-order chi connectivity index (χ1) is 15.5. The maximum absolute atomic E-state index is 12.4. The summed E-state index contributed by atoms with van der Waals surface area (Å²) < 4.78 is 0. The van der Waals surface area contributed by atoms with Crippen LogP contribution in [-0.2, 0) is 16.0 Å². The molecule has 3 aromatic rings. The van der Waals surface area contributed by atoms with Gasteiger partial charge in [0.1, 0.15) is 10.5 Å². The number of hydrogen-bond donors (Lipinski definition) is 3. The van der Waals surface area contributed by atoms with Crippen molar-refractivity contribution in [2.24, 2.45) is 0 Å². The third-order valence-electron chi connectivity index (χ3n) is 5.23. The lowest BCUT2D eigenvalue weighted by molar-refractivity contribution is -0.123. The molecule has 2 amide bonds. The molecule has 3 N–H and O–H groups in total. The first-order valence-corrected chi connectivity index (χ1v) is 12.5. The van der Waals surface area contributed by atoms with E-state index in [-0.39, 0.29) is 29.1 Å². The summed E-state index contributed by atoms with van der Waals surface area (Å²) in [5, 5.41) is 10.2. The SMILES string of the molecule is CCc1ccc(NC(=O)CSC2NC(=O)CC(c3sc(-c4ccccc4)nc3C)N2)cc1. The first kappa shape index (κ1) is 22.5. The fraction of sp³-hybridized carbons (Fsp3) is 0.292. The van der Waals surface area contributed by atoms with E-state index in [0.717, 1.165) is 33.3 Å². The van der Waals surface area contributed by atoms with Gasteiger partial charge in [-0.05, 0) is 31.0 Å². The Morgan fingerprint density at radius 2 is 1.94 bits per heavy atom. The largest absolute Gasteiger partial charge is 0.332 e. The quantitative estimate of drug-likeness (QED) is 0.478. The van der Waals surface area contributed by atoms with E-state index >= 15 is 0 Å². The lowest BCUT2D eigenvalue weighted by Crippen LogP contribution is -2.51. The third-order valence-corrected chi connectivity index (χ3v) is 7.57. The number of carbonyl (C=O) groups is 2. The molecule has 2 aromatic carbocycles. The number of rotatable bonds is 7. The van der Waals surface area contributed by atoms with E-state index in [2.05, 4.69) is 22.9 Å². The van der Waals surface area contributed by atoms with E-state index in [0.29, 0.717) is 6.42 Å². The standard InChI is InChI=1S/C24H26N4O2S2/c1-3-16-9-11-18(12-10-16)26-21(30)14-31-24-27-19(13-20(29)28-24)22-15(2)25-23(32-22)17-7-5-4-6-8-17/h4-12,19,24,27H,3,13-14H2,1-2H3,(H,26,30)(H,28,29). The number of nitrogens with one attached hydrogen (secondary N) is 3. The smallest absolute Gasteiger partial charge is 0.234 e. The highest BCUT2D eigenvalue weighted by molar-refractivity contribution is 8.00. The van der Waals surface area contributed by atoms with Crippen molar-refractivity contribution in [1.82, 2.24) is 15.6 Å². The Balaban J connectivity index is 1.36. The van der Waals surface area contributed by atoms with Crippen LogP contribution in [0.25, 0.3) is 10.6 Å². The van der Waals surface area contributed by atoms with E-state index in [1.54, 1.807) is 11.3 Å². The van der Waals surface area contributed by atoms with Crippen LogP contribution in [0.2, 0.25) is 0 Å². The Hall–Kier alpha value is -2.68. The Kier molecular flexibility index (Phi) is 7.24. The van der Waals surface area contributed by atoms with Gasteiger partial charge in [-0.15, -0.1) is 23.1 Å². The molecule has 4 rings (SSSR count). The summed E-state index contributed by atoms with van der Waals surface area (Å²) in [5.41, 5.74) is 3.67. The molecule has 166 valence electrons. The normalized spacial score (nSPS) is 18.2. The van der Waals surface area contributed by atoms with Crippen LogP contribution in [0.1, 0.15) is 35.5 Å². The average Bonchev–Trinajstić information content (AvgIpc) is 3.20. The molecule has 1 fully saturated rings. The summed E-state index contributed by atoms with van der Waals surface area (Å²) in [4.78, 5) is 30.5. The van der Waals surface area contributed by atoms with Crippen molar-refractivity contribution in [1.29, 1.82) is 0 Å². The molecule has 1 aliphatic rings. The molecule has 1 aliphatic heterocycles. The Morgan fingerprint density at radius 1 is 1.19 bits per heavy atom. The number of aromatic nitrogens is 1. The number of carbonyl (C=O) groups excluding carboxylic acids is 2. The molecule has 32 heavy (non-hydrogen) atoms. The second-order valence-corrected chi connectivity index (χ2v) is 9.74. The molecule has 1 aromatic heterocycles. The van der Waals surface area contributed by atoms with E-state index in [4.69, 9.17) is 4.98 Å². The number of hydrogen-bond acceptors (Lipinski definition) is 6. The second kappa shape index (κ2) is 10.3.